The lowest BCUT2D eigenvalue weighted by atomic mass is 9.64. The van der Waals surface area contributed by atoms with E-state index in [4.69, 9.17) is 4.74 Å². The number of hydrogen-bond acceptors (Lipinski definition) is 6. The van der Waals surface area contributed by atoms with E-state index in [1.807, 2.05) is 14.0 Å². The Morgan fingerprint density at radius 3 is 2.95 bits per heavy atom. The Labute approximate surface area is 127 Å². The molecule has 1 aliphatic carbocycles. The molecule has 114 valence electrons. The molecule has 0 aliphatic heterocycles. The molecule has 2 heterocycles. The lowest BCUT2D eigenvalue weighted by Crippen LogP contribution is -2.61. The maximum absolute atomic E-state index is 11.8. The van der Waals surface area contributed by atoms with Gasteiger partial charge in [0, 0.05) is 37.4 Å². The second-order valence-corrected chi connectivity index (χ2v) is 6.92. The van der Waals surface area contributed by atoms with Crippen LogP contribution < -0.4 is 10.5 Å². The molecule has 1 fully saturated rings. The molecular formula is C14H20N4O2S. The first kappa shape index (κ1) is 14.5. The minimum absolute atomic E-state index is 0.0704. The molecule has 0 radical (unpaired) electrons. The van der Waals surface area contributed by atoms with E-state index < -0.39 is 0 Å². The van der Waals surface area contributed by atoms with Gasteiger partial charge in [0.15, 0.2) is 0 Å². The molecule has 2 aromatic rings. The van der Waals surface area contributed by atoms with Gasteiger partial charge >= 0.3 is 0 Å². The van der Waals surface area contributed by atoms with E-state index in [1.165, 1.54) is 28.1 Å². The van der Waals surface area contributed by atoms with Gasteiger partial charge in [-0.25, -0.2) is 4.98 Å². The van der Waals surface area contributed by atoms with Crippen molar-refractivity contribution in [1.82, 2.24) is 14.6 Å². The van der Waals surface area contributed by atoms with Crippen molar-refractivity contribution >= 4 is 21.4 Å². The molecule has 0 N–H and O–H groups in total. The highest BCUT2D eigenvalue weighted by molar-refractivity contribution is 7.20. The Bertz CT molecular complexity index is 708. The highest BCUT2D eigenvalue weighted by atomic mass is 32.1. The summed E-state index contributed by atoms with van der Waals surface area (Å²) in [5, 5.41) is 5.22. The standard InChI is InChI=1S/C14H20N4O2S/c1-5-20-10-8-9(14(10,2)3)17(4)13-16-18-11(19)6-7-15-12(18)21-13/h6-7,9-10H,5,8H2,1-4H3. The molecule has 0 amide bonds. The van der Waals surface area contributed by atoms with Crippen LogP contribution in [-0.4, -0.2) is 40.4 Å². The van der Waals surface area contributed by atoms with Crippen molar-refractivity contribution in [1.29, 1.82) is 0 Å². The molecule has 7 heteroatoms. The predicted molar refractivity (Wildman–Crippen MR) is 83.1 cm³/mol. The predicted octanol–water partition coefficient (Wildman–Crippen LogP) is 1.79. The average Bonchev–Trinajstić information content (AvgIpc) is 2.88. The fraction of sp³-hybridized carbons (Fsp3) is 0.643. The van der Waals surface area contributed by atoms with Crippen LogP contribution in [0.15, 0.2) is 17.1 Å². The molecule has 2 atom stereocenters. The zero-order valence-electron chi connectivity index (χ0n) is 12.7. The number of anilines is 1. The third kappa shape index (κ3) is 2.24. The topological polar surface area (TPSA) is 59.7 Å². The summed E-state index contributed by atoms with van der Waals surface area (Å²) >= 11 is 1.44. The Morgan fingerprint density at radius 1 is 1.57 bits per heavy atom. The molecule has 21 heavy (non-hydrogen) atoms. The Balaban J connectivity index is 1.86. The SMILES string of the molecule is CCOC1CC(N(C)c2nn3c(=O)ccnc3s2)C1(C)C. The molecule has 1 aliphatic rings. The molecule has 0 spiro atoms. The summed E-state index contributed by atoms with van der Waals surface area (Å²) in [6, 6.07) is 1.78. The first-order valence-electron chi connectivity index (χ1n) is 7.14. The van der Waals surface area contributed by atoms with Crippen molar-refractivity contribution in [3.8, 4) is 0 Å². The Hall–Kier alpha value is -1.47. The third-order valence-corrected chi connectivity index (χ3v) is 5.44. The number of aromatic nitrogens is 3. The molecule has 1 saturated carbocycles. The van der Waals surface area contributed by atoms with Gasteiger partial charge < -0.3 is 9.64 Å². The van der Waals surface area contributed by atoms with Gasteiger partial charge in [0.2, 0.25) is 10.1 Å². The highest BCUT2D eigenvalue weighted by Crippen LogP contribution is 2.46. The second-order valence-electron chi connectivity index (χ2n) is 5.99. The zero-order valence-corrected chi connectivity index (χ0v) is 13.6. The van der Waals surface area contributed by atoms with Gasteiger partial charge in [0.05, 0.1) is 6.10 Å². The van der Waals surface area contributed by atoms with Gasteiger partial charge in [-0.1, -0.05) is 25.2 Å². The summed E-state index contributed by atoms with van der Waals surface area (Å²) in [5.74, 6) is 0. The van der Waals surface area contributed by atoms with Crippen LogP contribution in [0.3, 0.4) is 0 Å². The molecular weight excluding hydrogens is 288 g/mol. The van der Waals surface area contributed by atoms with E-state index in [2.05, 4.69) is 28.8 Å². The van der Waals surface area contributed by atoms with Crippen LogP contribution in [0, 0.1) is 5.41 Å². The first-order chi connectivity index (χ1) is 9.95. The molecule has 2 aromatic heterocycles. The van der Waals surface area contributed by atoms with Gasteiger partial charge in [-0.2, -0.15) is 4.52 Å². The highest BCUT2D eigenvalue weighted by Gasteiger charge is 2.51. The van der Waals surface area contributed by atoms with Crippen LogP contribution in [-0.2, 0) is 4.74 Å². The number of ether oxygens (including phenoxy) is 1. The number of nitrogens with zero attached hydrogens (tertiary/aromatic N) is 4. The van der Waals surface area contributed by atoms with E-state index in [0.29, 0.717) is 11.0 Å². The van der Waals surface area contributed by atoms with Crippen molar-refractivity contribution < 1.29 is 4.74 Å². The normalized spacial score (nSPS) is 24.0. The van der Waals surface area contributed by atoms with Gasteiger partial charge in [0.25, 0.3) is 5.56 Å². The first-order valence-corrected chi connectivity index (χ1v) is 7.96. The summed E-state index contributed by atoms with van der Waals surface area (Å²) in [5.41, 5.74) is -0.0722. The summed E-state index contributed by atoms with van der Waals surface area (Å²) < 4.78 is 7.14. The van der Waals surface area contributed by atoms with E-state index in [1.54, 1.807) is 0 Å². The summed E-state index contributed by atoms with van der Waals surface area (Å²) in [7, 11) is 2.03. The van der Waals surface area contributed by atoms with Crippen LogP contribution in [0.4, 0.5) is 5.13 Å². The fourth-order valence-electron chi connectivity index (χ4n) is 3.02. The van der Waals surface area contributed by atoms with Gasteiger partial charge in [-0.05, 0) is 13.3 Å². The fourth-order valence-corrected chi connectivity index (χ4v) is 3.90. The summed E-state index contributed by atoms with van der Waals surface area (Å²) in [6.45, 7) is 7.20. The van der Waals surface area contributed by atoms with Crippen LogP contribution in [0.25, 0.3) is 4.96 Å². The largest absolute Gasteiger partial charge is 0.378 e. The van der Waals surface area contributed by atoms with Gasteiger partial charge in [-0.3, -0.25) is 4.79 Å². The summed E-state index contributed by atoms with van der Waals surface area (Å²) in [6.07, 6.45) is 2.79. The van der Waals surface area contributed by atoms with Crippen molar-refractivity contribution in [2.24, 2.45) is 5.41 Å². The minimum atomic E-state index is -0.143. The van der Waals surface area contributed by atoms with Crippen molar-refractivity contribution in [2.75, 3.05) is 18.6 Å². The minimum Gasteiger partial charge on any atom is -0.378 e. The van der Waals surface area contributed by atoms with Crippen molar-refractivity contribution in [2.45, 2.75) is 39.3 Å². The van der Waals surface area contributed by atoms with E-state index in [0.717, 1.165) is 18.2 Å². The van der Waals surface area contributed by atoms with E-state index in [9.17, 15) is 4.79 Å². The van der Waals surface area contributed by atoms with Crippen molar-refractivity contribution in [3.05, 3.63) is 22.6 Å². The third-order valence-electron chi connectivity index (χ3n) is 4.42. The number of hydrogen-bond donors (Lipinski definition) is 0. The molecule has 0 bridgehead atoms. The summed E-state index contributed by atoms with van der Waals surface area (Å²) in [4.78, 5) is 18.7. The van der Waals surface area contributed by atoms with Crippen LogP contribution >= 0.6 is 11.3 Å². The van der Waals surface area contributed by atoms with E-state index in [-0.39, 0.29) is 17.1 Å². The molecule has 6 nitrogen and oxygen atoms in total. The van der Waals surface area contributed by atoms with Gasteiger partial charge in [-0.15, -0.1) is 5.10 Å². The number of rotatable bonds is 4. The molecule has 0 saturated heterocycles. The molecule has 3 rings (SSSR count). The number of fused-ring (bicyclic) bond motifs is 1. The molecule has 2 unspecified atom stereocenters. The lowest BCUT2D eigenvalue weighted by molar-refractivity contribution is -0.104. The van der Waals surface area contributed by atoms with Crippen LogP contribution in [0.1, 0.15) is 27.2 Å². The Morgan fingerprint density at radius 2 is 2.33 bits per heavy atom. The maximum Gasteiger partial charge on any atom is 0.275 e. The average molecular weight is 308 g/mol. The van der Waals surface area contributed by atoms with E-state index >= 15 is 0 Å². The lowest BCUT2D eigenvalue weighted by Gasteiger charge is -2.54. The van der Waals surface area contributed by atoms with Crippen LogP contribution in [0.5, 0.6) is 0 Å². The monoisotopic (exact) mass is 308 g/mol. The van der Waals surface area contributed by atoms with Crippen molar-refractivity contribution in [3.63, 3.8) is 0 Å². The Kier molecular flexibility index (Phi) is 3.49. The second kappa shape index (κ2) is 5.06. The quantitative estimate of drug-likeness (QED) is 0.862. The molecule has 0 aromatic carbocycles. The van der Waals surface area contributed by atoms with Gasteiger partial charge in [0.1, 0.15) is 0 Å². The smallest absolute Gasteiger partial charge is 0.275 e. The maximum atomic E-state index is 11.8. The zero-order chi connectivity index (χ0) is 15.2. The van der Waals surface area contributed by atoms with Crippen LogP contribution in [0.2, 0.25) is 0 Å².